The van der Waals surface area contributed by atoms with E-state index in [1.807, 2.05) is 18.2 Å². The Balaban J connectivity index is 2.15. The Morgan fingerprint density at radius 1 is 1.18 bits per heavy atom. The Kier molecular flexibility index (Phi) is 5.55. The molecule has 0 aliphatic carbocycles. The van der Waals surface area contributed by atoms with E-state index in [1.54, 1.807) is 49.6 Å². The first-order valence-corrected chi connectivity index (χ1v) is 7.53. The van der Waals surface area contributed by atoms with Gasteiger partial charge < -0.3 is 10.1 Å². The number of nitrogens with zero attached hydrogens (tertiary/aromatic N) is 1. The number of hydrogen-bond acceptors (Lipinski definition) is 3. The van der Waals surface area contributed by atoms with Crippen molar-refractivity contribution in [3.8, 4) is 11.8 Å². The van der Waals surface area contributed by atoms with Crippen molar-refractivity contribution >= 4 is 40.3 Å². The molecule has 1 amide bonds. The fourth-order valence-electron chi connectivity index (χ4n) is 1.75. The van der Waals surface area contributed by atoms with Gasteiger partial charge in [-0.25, -0.2) is 0 Å². The number of halogens is 1. The van der Waals surface area contributed by atoms with Crippen LogP contribution in [0, 0.1) is 14.9 Å². The maximum atomic E-state index is 12.1. The molecule has 4 nitrogen and oxygen atoms in total. The summed E-state index contributed by atoms with van der Waals surface area (Å²) in [5.74, 6) is 0.290. The first-order chi connectivity index (χ1) is 10.6. The van der Waals surface area contributed by atoms with Crippen LogP contribution in [0.3, 0.4) is 0 Å². The lowest BCUT2D eigenvalue weighted by Crippen LogP contribution is -2.13. The van der Waals surface area contributed by atoms with E-state index >= 15 is 0 Å². The summed E-state index contributed by atoms with van der Waals surface area (Å²) in [6, 6.07) is 16.4. The number of amides is 1. The van der Waals surface area contributed by atoms with E-state index in [0.717, 1.165) is 14.9 Å². The fourth-order valence-corrected chi connectivity index (χ4v) is 2.11. The van der Waals surface area contributed by atoms with Gasteiger partial charge in [-0.2, -0.15) is 5.26 Å². The first kappa shape index (κ1) is 16.0. The quantitative estimate of drug-likeness (QED) is 0.479. The molecule has 22 heavy (non-hydrogen) atoms. The normalized spacial score (nSPS) is 10.7. The predicted octanol–water partition coefficient (Wildman–Crippen LogP) is 3.85. The summed E-state index contributed by atoms with van der Waals surface area (Å²) in [5, 5.41) is 11.9. The van der Waals surface area contributed by atoms with Gasteiger partial charge >= 0.3 is 0 Å². The van der Waals surface area contributed by atoms with Crippen LogP contribution in [0.1, 0.15) is 5.56 Å². The number of carbonyl (C=O) groups excluding carboxylic acids is 1. The molecule has 2 aromatic carbocycles. The van der Waals surface area contributed by atoms with Gasteiger partial charge in [-0.1, -0.05) is 12.1 Å². The number of ether oxygens (including phenoxy) is 1. The SMILES string of the molecule is COc1ccc(/C=C(\C#N)C(=O)Nc2ccc(I)cc2)cc1. The molecule has 2 aromatic rings. The maximum Gasteiger partial charge on any atom is 0.266 e. The van der Waals surface area contributed by atoms with Crippen molar-refractivity contribution < 1.29 is 9.53 Å². The molecule has 0 spiro atoms. The summed E-state index contributed by atoms with van der Waals surface area (Å²) < 4.78 is 6.14. The lowest BCUT2D eigenvalue weighted by molar-refractivity contribution is -0.112. The third-order valence-corrected chi connectivity index (χ3v) is 3.61. The van der Waals surface area contributed by atoms with Crippen LogP contribution < -0.4 is 10.1 Å². The molecule has 0 unspecified atom stereocenters. The van der Waals surface area contributed by atoms with Crippen molar-refractivity contribution in [1.29, 1.82) is 5.26 Å². The molecule has 0 bridgehead atoms. The number of nitrogens with one attached hydrogen (secondary N) is 1. The highest BCUT2D eigenvalue weighted by Crippen LogP contribution is 2.16. The van der Waals surface area contributed by atoms with Crippen molar-refractivity contribution in [1.82, 2.24) is 0 Å². The standard InChI is InChI=1S/C17H13IN2O2/c1-22-16-8-2-12(3-9-16)10-13(11-19)17(21)20-15-6-4-14(18)5-7-15/h2-10H,1H3,(H,20,21)/b13-10+. The highest BCUT2D eigenvalue weighted by molar-refractivity contribution is 14.1. The molecule has 0 fully saturated rings. The van der Waals surface area contributed by atoms with Gasteiger partial charge in [0.05, 0.1) is 7.11 Å². The minimum Gasteiger partial charge on any atom is -0.497 e. The molecule has 0 atom stereocenters. The molecule has 0 saturated heterocycles. The molecule has 2 rings (SSSR count). The maximum absolute atomic E-state index is 12.1. The average molecular weight is 404 g/mol. The van der Waals surface area contributed by atoms with E-state index in [9.17, 15) is 10.1 Å². The van der Waals surface area contributed by atoms with Crippen molar-refractivity contribution in [2.24, 2.45) is 0 Å². The number of hydrogen-bond donors (Lipinski definition) is 1. The van der Waals surface area contributed by atoms with Crippen LogP contribution in [0.15, 0.2) is 54.1 Å². The Bertz CT molecular complexity index is 729. The molecule has 0 aliphatic rings. The van der Waals surface area contributed by atoms with Gasteiger partial charge in [0.25, 0.3) is 5.91 Å². The van der Waals surface area contributed by atoms with Gasteiger partial charge in [0.1, 0.15) is 17.4 Å². The summed E-state index contributed by atoms with van der Waals surface area (Å²) in [5.41, 5.74) is 1.46. The lowest BCUT2D eigenvalue weighted by Gasteiger charge is -2.04. The van der Waals surface area contributed by atoms with Crippen LogP contribution in [0.4, 0.5) is 5.69 Å². The van der Waals surface area contributed by atoms with Gasteiger partial charge in [-0.3, -0.25) is 4.79 Å². The number of rotatable bonds is 4. The Morgan fingerprint density at radius 2 is 1.82 bits per heavy atom. The monoisotopic (exact) mass is 404 g/mol. The van der Waals surface area contributed by atoms with E-state index in [2.05, 4.69) is 27.9 Å². The fraction of sp³-hybridized carbons (Fsp3) is 0.0588. The van der Waals surface area contributed by atoms with Crippen LogP contribution in [-0.4, -0.2) is 13.0 Å². The number of anilines is 1. The number of methoxy groups -OCH3 is 1. The second-order valence-electron chi connectivity index (χ2n) is 4.40. The molecular formula is C17H13IN2O2. The molecule has 0 saturated carbocycles. The van der Waals surface area contributed by atoms with Crippen LogP contribution in [0.5, 0.6) is 5.75 Å². The van der Waals surface area contributed by atoms with E-state index in [1.165, 1.54) is 0 Å². The second kappa shape index (κ2) is 7.61. The molecule has 0 aromatic heterocycles. The molecule has 0 radical (unpaired) electrons. The van der Waals surface area contributed by atoms with Crippen LogP contribution in [-0.2, 0) is 4.79 Å². The number of nitriles is 1. The molecule has 1 N–H and O–H groups in total. The lowest BCUT2D eigenvalue weighted by atomic mass is 10.1. The van der Waals surface area contributed by atoms with Crippen molar-refractivity contribution in [3.05, 3.63) is 63.2 Å². The smallest absolute Gasteiger partial charge is 0.266 e. The van der Waals surface area contributed by atoms with Gasteiger partial charge in [0.15, 0.2) is 0 Å². The third-order valence-electron chi connectivity index (χ3n) is 2.89. The Labute approximate surface area is 142 Å². The molecule has 0 heterocycles. The minimum absolute atomic E-state index is 0.0451. The molecular weight excluding hydrogens is 391 g/mol. The minimum atomic E-state index is -0.431. The van der Waals surface area contributed by atoms with Crippen LogP contribution in [0.25, 0.3) is 6.08 Å². The van der Waals surface area contributed by atoms with Gasteiger partial charge in [0.2, 0.25) is 0 Å². The van der Waals surface area contributed by atoms with Gasteiger partial charge in [-0.05, 0) is 70.6 Å². The first-order valence-electron chi connectivity index (χ1n) is 6.45. The van der Waals surface area contributed by atoms with Crippen LogP contribution >= 0.6 is 22.6 Å². The van der Waals surface area contributed by atoms with Crippen molar-refractivity contribution in [2.45, 2.75) is 0 Å². The number of carbonyl (C=O) groups is 1. The molecule has 0 aliphatic heterocycles. The third kappa shape index (κ3) is 4.33. The van der Waals surface area contributed by atoms with E-state index in [0.29, 0.717) is 5.69 Å². The molecule has 5 heteroatoms. The zero-order valence-electron chi connectivity index (χ0n) is 11.8. The van der Waals surface area contributed by atoms with E-state index < -0.39 is 5.91 Å². The Morgan fingerprint density at radius 3 is 2.36 bits per heavy atom. The summed E-state index contributed by atoms with van der Waals surface area (Å²) >= 11 is 2.19. The van der Waals surface area contributed by atoms with Crippen molar-refractivity contribution in [2.75, 3.05) is 12.4 Å². The van der Waals surface area contributed by atoms with E-state index in [-0.39, 0.29) is 5.57 Å². The average Bonchev–Trinajstić information content (AvgIpc) is 2.55. The summed E-state index contributed by atoms with van der Waals surface area (Å²) in [6.45, 7) is 0. The van der Waals surface area contributed by atoms with Gasteiger partial charge in [0, 0.05) is 9.26 Å². The predicted molar refractivity (Wildman–Crippen MR) is 94.4 cm³/mol. The topological polar surface area (TPSA) is 62.1 Å². The van der Waals surface area contributed by atoms with Gasteiger partial charge in [-0.15, -0.1) is 0 Å². The zero-order chi connectivity index (χ0) is 15.9. The zero-order valence-corrected chi connectivity index (χ0v) is 14.0. The number of benzene rings is 2. The largest absolute Gasteiger partial charge is 0.497 e. The van der Waals surface area contributed by atoms with Crippen molar-refractivity contribution in [3.63, 3.8) is 0 Å². The highest BCUT2D eigenvalue weighted by Gasteiger charge is 2.09. The van der Waals surface area contributed by atoms with E-state index in [4.69, 9.17) is 4.74 Å². The highest BCUT2D eigenvalue weighted by atomic mass is 127. The summed E-state index contributed by atoms with van der Waals surface area (Å²) in [6.07, 6.45) is 1.54. The summed E-state index contributed by atoms with van der Waals surface area (Å²) in [4.78, 5) is 12.1. The molecule has 110 valence electrons. The summed E-state index contributed by atoms with van der Waals surface area (Å²) in [7, 11) is 1.58. The second-order valence-corrected chi connectivity index (χ2v) is 5.65. The Hall–Kier alpha value is -2.33. The van der Waals surface area contributed by atoms with Crippen LogP contribution in [0.2, 0.25) is 0 Å².